The molecule has 1 aliphatic rings. The van der Waals surface area contributed by atoms with Crippen molar-refractivity contribution in [3.63, 3.8) is 0 Å². The highest BCUT2D eigenvalue weighted by Gasteiger charge is 2.34. The van der Waals surface area contributed by atoms with Crippen molar-refractivity contribution < 1.29 is 14.4 Å². The fraction of sp³-hybridized carbons (Fsp3) is 0.389. The molecule has 1 aromatic carbocycles. The first-order valence-corrected chi connectivity index (χ1v) is 8.40. The second-order valence-corrected chi connectivity index (χ2v) is 6.66. The number of aromatic amines is 1. The minimum absolute atomic E-state index is 0.00953. The summed E-state index contributed by atoms with van der Waals surface area (Å²) in [5.74, 6) is 0.704. The maximum Gasteiger partial charge on any atom is 0.228 e. The van der Waals surface area contributed by atoms with Gasteiger partial charge in [-0.2, -0.15) is 5.10 Å². The second kappa shape index (κ2) is 6.33. The van der Waals surface area contributed by atoms with Crippen molar-refractivity contribution in [2.45, 2.75) is 25.9 Å². The molecule has 0 unspecified atom stereocenters. The molecule has 2 aromatic heterocycles. The molecule has 0 radical (unpaired) electrons. The number of aliphatic hydroxyl groups excluding tert-OH is 1. The van der Waals surface area contributed by atoms with E-state index in [1.54, 1.807) is 4.90 Å². The Morgan fingerprint density at radius 1 is 1.40 bits per heavy atom. The van der Waals surface area contributed by atoms with Gasteiger partial charge in [-0.25, -0.2) is 0 Å². The number of hydrogen-bond donors (Lipinski definition) is 2. The van der Waals surface area contributed by atoms with E-state index >= 15 is 0 Å². The standard InChI is InChI=1S/C18H20N4O3/c1-11-6-13(25-21-11)7-12-9-22(10-17(12)23)18(24)8-16-14-4-2-3-5-15(14)19-20-16/h2-6,12,17,23H,7-10H2,1H3,(H,19,20)/t12-,17+/m1/s1. The molecular weight excluding hydrogens is 320 g/mol. The number of rotatable bonds is 4. The molecule has 7 heteroatoms. The van der Waals surface area contributed by atoms with E-state index in [0.717, 1.165) is 28.1 Å². The van der Waals surface area contributed by atoms with Crippen molar-refractivity contribution >= 4 is 16.8 Å². The topological polar surface area (TPSA) is 95.2 Å². The summed E-state index contributed by atoms with van der Waals surface area (Å²) in [7, 11) is 0. The van der Waals surface area contributed by atoms with Gasteiger partial charge in [0.15, 0.2) is 0 Å². The van der Waals surface area contributed by atoms with Crippen LogP contribution in [0.5, 0.6) is 0 Å². The molecule has 3 aromatic rings. The number of amides is 1. The lowest BCUT2D eigenvalue weighted by molar-refractivity contribution is -0.129. The molecule has 1 amide bonds. The number of aryl methyl sites for hydroxylation is 1. The highest BCUT2D eigenvalue weighted by molar-refractivity contribution is 5.87. The Hall–Kier alpha value is -2.67. The third-order valence-electron chi connectivity index (χ3n) is 4.77. The maximum absolute atomic E-state index is 12.6. The quantitative estimate of drug-likeness (QED) is 0.750. The van der Waals surface area contributed by atoms with Crippen LogP contribution in [0.3, 0.4) is 0 Å². The minimum atomic E-state index is -0.548. The Bertz CT molecular complexity index is 901. The van der Waals surface area contributed by atoms with Gasteiger partial charge in [-0.3, -0.25) is 9.89 Å². The van der Waals surface area contributed by atoms with Crippen molar-refractivity contribution in [1.82, 2.24) is 20.3 Å². The summed E-state index contributed by atoms with van der Waals surface area (Å²) in [5, 5.41) is 22.3. The van der Waals surface area contributed by atoms with E-state index in [1.165, 1.54) is 0 Å². The van der Waals surface area contributed by atoms with E-state index in [0.29, 0.717) is 19.5 Å². The van der Waals surface area contributed by atoms with Gasteiger partial charge in [0, 0.05) is 36.9 Å². The summed E-state index contributed by atoms with van der Waals surface area (Å²) in [5.41, 5.74) is 2.48. The van der Waals surface area contributed by atoms with Gasteiger partial charge in [0.25, 0.3) is 0 Å². The zero-order valence-electron chi connectivity index (χ0n) is 14.0. The zero-order chi connectivity index (χ0) is 17.4. The zero-order valence-corrected chi connectivity index (χ0v) is 14.0. The Kier molecular flexibility index (Phi) is 4.01. The molecule has 7 nitrogen and oxygen atoms in total. The summed E-state index contributed by atoms with van der Waals surface area (Å²) in [4.78, 5) is 14.4. The fourth-order valence-corrected chi connectivity index (χ4v) is 3.44. The van der Waals surface area contributed by atoms with Crippen molar-refractivity contribution in [2.75, 3.05) is 13.1 Å². The molecule has 1 saturated heterocycles. The smallest absolute Gasteiger partial charge is 0.228 e. The average Bonchev–Trinajstić information content (AvgIpc) is 3.29. The van der Waals surface area contributed by atoms with Gasteiger partial charge in [0.2, 0.25) is 5.91 Å². The largest absolute Gasteiger partial charge is 0.391 e. The van der Waals surface area contributed by atoms with Gasteiger partial charge in [0.05, 0.1) is 29.4 Å². The average molecular weight is 340 g/mol. The van der Waals surface area contributed by atoms with Crippen molar-refractivity contribution in [3.05, 3.63) is 47.5 Å². The Balaban J connectivity index is 1.42. The molecule has 0 aliphatic carbocycles. The molecule has 0 spiro atoms. The normalized spacial score (nSPS) is 20.5. The van der Waals surface area contributed by atoms with Gasteiger partial charge in [0.1, 0.15) is 5.76 Å². The van der Waals surface area contributed by atoms with E-state index in [1.807, 2.05) is 37.3 Å². The lowest BCUT2D eigenvalue weighted by atomic mass is 10.0. The van der Waals surface area contributed by atoms with Gasteiger partial charge in [-0.1, -0.05) is 23.4 Å². The van der Waals surface area contributed by atoms with Crippen LogP contribution in [0, 0.1) is 12.8 Å². The maximum atomic E-state index is 12.6. The number of benzene rings is 1. The van der Waals surface area contributed by atoms with Crippen LogP contribution in [-0.2, 0) is 17.6 Å². The first-order valence-electron chi connectivity index (χ1n) is 8.40. The van der Waals surface area contributed by atoms with Gasteiger partial charge in [-0.05, 0) is 13.0 Å². The lowest BCUT2D eigenvalue weighted by Gasteiger charge is -2.15. The Morgan fingerprint density at radius 3 is 3.04 bits per heavy atom. The van der Waals surface area contributed by atoms with Crippen molar-refractivity contribution in [1.29, 1.82) is 0 Å². The molecule has 0 saturated carbocycles. The van der Waals surface area contributed by atoms with Crippen LogP contribution in [0.15, 0.2) is 34.9 Å². The van der Waals surface area contributed by atoms with E-state index in [9.17, 15) is 9.90 Å². The molecular formula is C18H20N4O3. The number of H-pyrrole nitrogens is 1. The van der Waals surface area contributed by atoms with Crippen LogP contribution < -0.4 is 0 Å². The number of nitrogens with one attached hydrogen (secondary N) is 1. The minimum Gasteiger partial charge on any atom is -0.391 e. The van der Waals surface area contributed by atoms with Crippen molar-refractivity contribution in [3.8, 4) is 0 Å². The number of β-amino-alcohol motifs (C(OH)–C–C–N with tert-alkyl or cyclic N) is 1. The summed E-state index contributed by atoms with van der Waals surface area (Å²) in [6.07, 6.45) is 0.285. The first-order chi connectivity index (χ1) is 12.1. The van der Waals surface area contributed by atoms with Crippen LogP contribution in [0.4, 0.5) is 0 Å². The van der Waals surface area contributed by atoms with E-state index < -0.39 is 6.10 Å². The lowest BCUT2D eigenvalue weighted by Crippen LogP contribution is -2.31. The monoisotopic (exact) mass is 340 g/mol. The van der Waals surface area contributed by atoms with E-state index in [4.69, 9.17) is 4.52 Å². The SMILES string of the molecule is Cc1cc(C[C@@H]2CN(C(=O)Cc3[nH]nc4ccccc34)C[C@@H]2O)on1. The Morgan fingerprint density at radius 2 is 2.24 bits per heavy atom. The highest BCUT2D eigenvalue weighted by atomic mass is 16.5. The summed E-state index contributed by atoms with van der Waals surface area (Å²) < 4.78 is 5.23. The van der Waals surface area contributed by atoms with Crippen LogP contribution in [0.25, 0.3) is 10.9 Å². The van der Waals surface area contributed by atoms with Crippen LogP contribution >= 0.6 is 0 Å². The van der Waals surface area contributed by atoms with E-state index in [-0.39, 0.29) is 18.2 Å². The molecule has 3 heterocycles. The third kappa shape index (κ3) is 3.15. The van der Waals surface area contributed by atoms with Gasteiger partial charge < -0.3 is 14.5 Å². The predicted molar refractivity (Wildman–Crippen MR) is 90.8 cm³/mol. The second-order valence-electron chi connectivity index (χ2n) is 6.66. The summed E-state index contributed by atoms with van der Waals surface area (Å²) in [6, 6.07) is 9.58. The number of aliphatic hydroxyl groups is 1. The molecule has 2 N–H and O–H groups in total. The molecule has 130 valence electrons. The number of likely N-dealkylation sites (tertiary alicyclic amines) is 1. The van der Waals surface area contributed by atoms with Gasteiger partial charge >= 0.3 is 0 Å². The number of fused-ring (bicyclic) bond motifs is 1. The number of para-hydroxylation sites is 1. The number of aromatic nitrogens is 3. The summed E-state index contributed by atoms with van der Waals surface area (Å²) >= 11 is 0. The number of nitrogens with zero attached hydrogens (tertiary/aromatic N) is 3. The molecule has 0 bridgehead atoms. The van der Waals surface area contributed by atoms with Gasteiger partial charge in [-0.15, -0.1) is 0 Å². The molecule has 2 atom stereocenters. The number of carbonyl (C=O) groups is 1. The molecule has 1 fully saturated rings. The third-order valence-corrected chi connectivity index (χ3v) is 4.77. The molecule has 4 rings (SSSR count). The van der Waals surface area contributed by atoms with Crippen LogP contribution in [0.1, 0.15) is 17.1 Å². The van der Waals surface area contributed by atoms with E-state index in [2.05, 4.69) is 15.4 Å². The number of hydrogen-bond acceptors (Lipinski definition) is 5. The molecule has 25 heavy (non-hydrogen) atoms. The predicted octanol–water partition coefficient (Wildman–Crippen LogP) is 1.46. The summed E-state index contributed by atoms with van der Waals surface area (Å²) in [6.45, 7) is 2.73. The first kappa shape index (κ1) is 15.8. The van der Waals surface area contributed by atoms with Crippen LogP contribution in [0.2, 0.25) is 0 Å². The van der Waals surface area contributed by atoms with Crippen LogP contribution in [-0.4, -0.2) is 50.5 Å². The Labute approximate surface area is 144 Å². The fourth-order valence-electron chi connectivity index (χ4n) is 3.44. The molecule has 1 aliphatic heterocycles. The number of carbonyl (C=O) groups excluding carboxylic acids is 1. The van der Waals surface area contributed by atoms with Crippen molar-refractivity contribution in [2.24, 2.45) is 5.92 Å². The highest BCUT2D eigenvalue weighted by Crippen LogP contribution is 2.23.